The van der Waals surface area contributed by atoms with Crippen molar-refractivity contribution in [1.82, 2.24) is 20.1 Å². The van der Waals surface area contributed by atoms with Gasteiger partial charge in [-0.3, -0.25) is 19.4 Å². The van der Waals surface area contributed by atoms with Crippen LogP contribution in [0.4, 0.5) is 0 Å². The first kappa shape index (κ1) is 28.1. The van der Waals surface area contributed by atoms with Gasteiger partial charge in [0.15, 0.2) is 11.5 Å². The number of likely N-dealkylation sites (N-methyl/N-ethyl adjacent to an activating group) is 1. The molecule has 3 aliphatic heterocycles. The Morgan fingerprint density at radius 3 is 2.68 bits per heavy atom. The number of benzene rings is 2. The van der Waals surface area contributed by atoms with Crippen molar-refractivity contribution in [1.29, 1.82) is 0 Å². The van der Waals surface area contributed by atoms with Crippen molar-refractivity contribution in [3.8, 4) is 17.2 Å². The molecule has 4 bridgehead atoms. The van der Waals surface area contributed by atoms with Gasteiger partial charge in [0.1, 0.15) is 5.75 Å². The average molecular weight is 559 g/mol. The van der Waals surface area contributed by atoms with Crippen LogP contribution in [0.2, 0.25) is 0 Å². The summed E-state index contributed by atoms with van der Waals surface area (Å²) in [5.41, 5.74) is 2.35. The fourth-order valence-corrected chi connectivity index (χ4v) is 5.09. The van der Waals surface area contributed by atoms with Gasteiger partial charge in [-0.1, -0.05) is 18.2 Å². The Labute approximate surface area is 239 Å². The SMILES string of the molecule is COc1cc2ccc1Oc1cccc(c1)CO[C@H]1CN(C(=O)c3ccncc3)CC[C@@H]1NC(=O)CN(C)C(=O)CC2. The topological polar surface area (TPSA) is 110 Å². The summed E-state index contributed by atoms with van der Waals surface area (Å²) in [6.45, 7) is 0.948. The molecule has 0 aliphatic carbocycles. The molecule has 3 aliphatic rings. The van der Waals surface area contributed by atoms with E-state index in [1.807, 2.05) is 42.5 Å². The molecule has 10 nitrogen and oxygen atoms in total. The molecule has 1 fully saturated rings. The first-order valence-corrected chi connectivity index (χ1v) is 13.7. The van der Waals surface area contributed by atoms with Gasteiger partial charge in [-0.05, 0) is 60.4 Å². The molecule has 3 aromatic rings. The smallest absolute Gasteiger partial charge is 0.254 e. The summed E-state index contributed by atoms with van der Waals surface area (Å²) in [5.74, 6) is 1.22. The Bertz CT molecular complexity index is 1400. The van der Waals surface area contributed by atoms with Gasteiger partial charge in [0.2, 0.25) is 11.8 Å². The molecule has 3 amide bonds. The van der Waals surface area contributed by atoms with Crippen LogP contribution in [-0.4, -0.2) is 78.4 Å². The van der Waals surface area contributed by atoms with Crippen LogP contribution in [0, 0.1) is 0 Å². The second-order valence-electron chi connectivity index (χ2n) is 10.3. The maximum atomic E-state index is 13.2. The summed E-state index contributed by atoms with van der Waals surface area (Å²) >= 11 is 0. The number of nitrogens with one attached hydrogen (secondary N) is 1. The number of methoxy groups -OCH3 is 1. The van der Waals surface area contributed by atoms with Gasteiger partial charge >= 0.3 is 0 Å². The van der Waals surface area contributed by atoms with Crippen molar-refractivity contribution in [2.45, 2.75) is 38.0 Å². The maximum absolute atomic E-state index is 13.2. The number of carbonyl (C=O) groups is 3. The van der Waals surface area contributed by atoms with E-state index in [1.54, 1.807) is 43.6 Å². The van der Waals surface area contributed by atoms with E-state index >= 15 is 0 Å². The summed E-state index contributed by atoms with van der Waals surface area (Å²) < 4.78 is 18.0. The highest BCUT2D eigenvalue weighted by Crippen LogP contribution is 2.33. The predicted molar refractivity (Wildman–Crippen MR) is 151 cm³/mol. The molecule has 214 valence electrons. The van der Waals surface area contributed by atoms with E-state index in [1.165, 1.54) is 4.90 Å². The molecular weight excluding hydrogens is 524 g/mol. The van der Waals surface area contributed by atoms with Crippen molar-refractivity contribution in [3.63, 3.8) is 0 Å². The first-order chi connectivity index (χ1) is 19.9. The Morgan fingerprint density at radius 1 is 1.05 bits per heavy atom. The van der Waals surface area contributed by atoms with Crippen LogP contribution in [-0.2, 0) is 27.4 Å². The monoisotopic (exact) mass is 558 g/mol. The third-order valence-corrected chi connectivity index (χ3v) is 7.37. The van der Waals surface area contributed by atoms with E-state index < -0.39 is 6.10 Å². The number of hydrogen-bond acceptors (Lipinski definition) is 7. The Balaban J connectivity index is 1.40. The number of aryl methyl sites for hydroxylation is 1. The Kier molecular flexibility index (Phi) is 8.79. The lowest BCUT2D eigenvalue weighted by atomic mass is 10.0. The summed E-state index contributed by atoms with van der Waals surface area (Å²) in [5, 5.41) is 3.05. The van der Waals surface area contributed by atoms with Crippen LogP contribution in [0.3, 0.4) is 0 Å². The van der Waals surface area contributed by atoms with Gasteiger partial charge in [0.05, 0.1) is 32.4 Å². The summed E-state index contributed by atoms with van der Waals surface area (Å²) in [6, 6.07) is 16.2. The zero-order valence-electron chi connectivity index (χ0n) is 23.2. The van der Waals surface area contributed by atoms with Crippen molar-refractivity contribution in [3.05, 3.63) is 83.7 Å². The second-order valence-corrected chi connectivity index (χ2v) is 10.3. The molecule has 0 spiro atoms. The van der Waals surface area contributed by atoms with E-state index in [-0.39, 0.29) is 43.3 Å². The zero-order chi connectivity index (χ0) is 28.8. The van der Waals surface area contributed by atoms with E-state index in [2.05, 4.69) is 10.3 Å². The van der Waals surface area contributed by atoms with Crippen LogP contribution < -0.4 is 14.8 Å². The van der Waals surface area contributed by atoms with Gasteiger partial charge in [0.25, 0.3) is 5.91 Å². The first-order valence-electron chi connectivity index (χ1n) is 13.7. The summed E-state index contributed by atoms with van der Waals surface area (Å²) in [7, 11) is 3.20. The lowest BCUT2D eigenvalue weighted by molar-refractivity contribution is -0.135. The lowest BCUT2D eigenvalue weighted by Gasteiger charge is -2.39. The van der Waals surface area contributed by atoms with Crippen molar-refractivity contribution < 1.29 is 28.6 Å². The highest BCUT2D eigenvalue weighted by molar-refractivity contribution is 5.94. The van der Waals surface area contributed by atoms with Gasteiger partial charge in [-0.25, -0.2) is 0 Å². The van der Waals surface area contributed by atoms with Crippen LogP contribution in [0.5, 0.6) is 17.2 Å². The molecule has 1 saturated heterocycles. The fourth-order valence-electron chi connectivity index (χ4n) is 5.09. The second kappa shape index (κ2) is 12.8. The average Bonchev–Trinajstić information content (AvgIpc) is 2.99. The van der Waals surface area contributed by atoms with E-state index in [9.17, 15) is 14.4 Å². The molecule has 2 aromatic carbocycles. The van der Waals surface area contributed by atoms with Crippen LogP contribution in [0.1, 0.15) is 34.3 Å². The normalized spacial score (nSPS) is 20.1. The third kappa shape index (κ3) is 7.01. The van der Waals surface area contributed by atoms with Gasteiger partial charge in [-0.2, -0.15) is 0 Å². The maximum Gasteiger partial charge on any atom is 0.254 e. The number of ether oxygens (including phenoxy) is 3. The standard InChI is InChI=1S/C31H34N4O6/c1-34-19-29(36)33-25-12-15-35(31(38)23-10-13-32-14-11-23)18-28(25)40-20-22-4-3-5-24(16-22)41-26-8-6-21(7-9-30(34)37)17-27(26)39-2/h3-6,8,10-11,13-14,16-17,25,28H,7,9,12,15,18-20H2,1-2H3,(H,33,36)/t25-,28-/m0/s1. The number of aromatic nitrogens is 1. The Morgan fingerprint density at radius 2 is 1.88 bits per heavy atom. The highest BCUT2D eigenvalue weighted by Gasteiger charge is 2.34. The number of carbonyl (C=O) groups excluding carboxylic acids is 3. The quantitative estimate of drug-likeness (QED) is 0.514. The summed E-state index contributed by atoms with van der Waals surface area (Å²) in [6.07, 6.45) is 3.98. The number of amides is 3. The lowest BCUT2D eigenvalue weighted by Crippen LogP contribution is -2.57. The number of fused-ring (bicyclic) bond motifs is 9. The predicted octanol–water partition coefficient (Wildman–Crippen LogP) is 3.20. The number of rotatable bonds is 2. The number of likely N-dealkylation sites (tertiary alicyclic amines) is 1. The fraction of sp³-hybridized carbons (Fsp3) is 0.355. The van der Waals surface area contributed by atoms with Crippen molar-refractivity contribution in [2.75, 3.05) is 33.8 Å². The molecule has 0 radical (unpaired) electrons. The zero-order valence-corrected chi connectivity index (χ0v) is 23.2. The van der Waals surface area contributed by atoms with E-state index in [0.29, 0.717) is 48.7 Å². The molecule has 6 rings (SSSR count). The van der Waals surface area contributed by atoms with Crippen LogP contribution in [0.25, 0.3) is 0 Å². The molecule has 0 saturated carbocycles. The minimum absolute atomic E-state index is 0.0696. The number of hydrogen-bond donors (Lipinski definition) is 1. The van der Waals surface area contributed by atoms with Gasteiger partial charge < -0.3 is 29.3 Å². The molecule has 2 atom stereocenters. The molecule has 10 heteroatoms. The minimum Gasteiger partial charge on any atom is -0.493 e. The molecule has 1 aromatic heterocycles. The largest absolute Gasteiger partial charge is 0.493 e. The van der Waals surface area contributed by atoms with Gasteiger partial charge in [-0.15, -0.1) is 0 Å². The Hall–Kier alpha value is -4.44. The van der Waals surface area contributed by atoms with E-state index in [4.69, 9.17) is 14.2 Å². The van der Waals surface area contributed by atoms with Crippen LogP contribution in [0.15, 0.2) is 67.0 Å². The van der Waals surface area contributed by atoms with Gasteiger partial charge in [0, 0.05) is 44.5 Å². The van der Waals surface area contributed by atoms with Crippen LogP contribution >= 0.6 is 0 Å². The molecule has 4 heterocycles. The number of nitrogens with zero attached hydrogens (tertiary/aromatic N) is 3. The third-order valence-electron chi connectivity index (χ3n) is 7.37. The van der Waals surface area contributed by atoms with Crippen molar-refractivity contribution >= 4 is 17.7 Å². The van der Waals surface area contributed by atoms with Crippen molar-refractivity contribution in [2.24, 2.45) is 0 Å². The molecule has 1 N–H and O–H groups in total. The summed E-state index contributed by atoms with van der Waals surface area (Å²) in [4.78, 5) is 46.2. The minimum atomic E-state index is -0.460. The highest BCUT2D eigenvalue weighted by atomic mass is 16.5. The molecule has 41 heavy (non-hydrogen) atoms. The molecule has 0 unspecified atom stereocenters. The number of pyridine rings is 1. The number of piperidine rings is 1. The molecular formula is C31H34N4O6. The van der Waals surface area contributed by atoms with E-state index in [0.717, 1.165) is 11.1 Å².